The van der Waals surface area contributed by atoms with Crippen LogP contribution in [0.25, 0.3) is 22.2 Å². The lowest BCUT2D eigenvalue weighted by molar-refractivity contribution is 0.131. The lowest BCUT2D eigenvalue weighted by Crippen LogP contribution is -2.22. The molecule has 0 radical (unpaired) electrons. The highest BCUT2D eigenvalue weighted by Crippen LogP contribution is 2.33. The van der Waals surface area contributed by atoms with Crippen molar-refractivity contribution in [3.05, 3.63) is 84.9 Å². The first kappa shape index (κ1) is 19.3. The minimum atomic E-state index is -3.75. The third-order valence-corrected chi connectivity index (χ3v) is 6.26. The molecule has 0 aliphatic rings. The molecule has 0 saturated carbocycles. The van der Waals surface area contributed by atoms with Gasteiger partial charge in [0, 0.05) is 5.39 Å². The Morgan fingerprint density at radius 1 is 0.793 bits per heavy atom. The lowest BCUT2D eigenvalue weighted by atomic mass is 10.1. The predicted octanol–water partition coefficient (Wildman–Crippen LogP) is 5.72. The van der Waals surface area contributed by atoms with E-state index in [0.29, 0.717) is 11.2 Å². The van der Waals surface area contributed by atoms with Crippen LogP contribution in [-0.4, -0.2) is 18.0 Å². The maximum Gasteiger partial charge on any atom is 0.268 e. The second-order valence-corrected chi connectivity index (χ2v) is 9.70. The van der Waals surface area contributed by atoms with Gasteiger partial charge in [-0.25, -0.2) is 12.4 Å². The molecule has 0 spiro atoms. The van der Waals surface area contributed by atoms with Crippen LogP contribution in [-0.2, 0) is 10.0 Å². The van der Waals surface area contributed by atoms with Crippen LogP contribution in [0.2, 0.25) is 0 Å². The minimum absolute atomic E-state index is 0.260. The topological polar surface area (TPSA) is 48.3 Å². The summed E-state index contributed by atoms with van der Waals surface area (Å²) in [5.41, 5.74) is 1.79. The van der Waals surface area contributed by atoms with E-state index in [4.69, 9.17) is 4.74 Å². The Bertz CT molecular complexity index is 1250. The monoisotopic (exact) mass is 405 g/mol. The fraction of sp³-hybridized carbons (Fsp3) is 0.167. The maximum absolute atomic E-state index is 13.5. The minimum Gasteiger partial charge on any atom is -0.488 e. The molecular formula is C24H23NO3S. The zero-order valence-corrected chi connectivity index (χ0v) is 17.5. The van der Waals surface area contributed by atoms with Crippen LogP contribution < -0.4 is 4.74 Å². The summed E-state index contributed by atoms with van der Waals surface area (Å²) >= 11 is 0. The summed E-state index contributed by atoms with van der Waals surface area (Å²) in [6.07, 6.45) is 0. The highest BCUT2D eigenvalue weighted by atomic mass is 32.2. The molecule has 4 nitrogen and oxygen atoms in total. The van der Waals surface area contributed by atoms with Crippen LogP contribution >= 0.6 is 0 Å². The Morgan fingerprint density at radius 3 is 2.07 bits per heavy atom. The van der Waals surface area contributed by atoms with E-state index in [0.717, 1.165) is 16.7 Å². The zero-order valence-electron chi connectivity index (χ0n) is 16.7. The van der Waals surface area contributed by atoms with Crippen molar-refractivity contribution >= 4 is 20.9 Å². The number of hydrogen-bond donors (Lipinski definition) is 0. The van der Waals surface area contributed by atoms with Gasteiger partial charge < -0.3 is 4.74 Å². The van der Waals surface area contributed by atoms with Gasteiger partial charge in [-0.2, -0.15) is 0 Å². The van der Waals surface area contributed by atoms with E-state index in [-0.39, 0.29) is 10.5 Å². The summed E-state index contributed by atoms with van der Waals surface area (Å²) in [6, 6.07) is 25.5. The van der Waals surface area contributed by atoms with Crippen LogP contribution in [0.1, 0.15) is 20.8 Å². The molecule has 1 heterocycles. The molecule has 29 heavy (non-hydrogen) atoms. The zero-order chi connectivity index (χ0) is 20.6. The van der Waals surface area contributed by atoms with Gasteiger partial charge in [-0.3, -0.25) is 0 Å². The van der Waals surface area contributed by atoms with Crippen LogP contribution in [0.3, 0.4) is 0 Å². The quantitative estimate of drug-likeness (QED) is 0.436. The number of benzene rings is 3. The van der Waals surface area contributed by atoms with Crippen molar-refractivity contribution < 1.29 is 13.2 Å². The number of ether oxygens (including phenoxy) is 1. The summed E-state index contributed by atoms with van der Waals surface area (Å²) in [5.74, 6) is 0.745. The first-order valence-electron chi connectivity index (χ1n) is 9.46. The molecule has 148 valence electrons. The molecule has 1 aromatic heterocycles. The van der Waals surface area contributed by atoms with Crippen molar-refractivity contribution in [3.8, 4) is 17.0 Å². The van der Waals surface area contributed by atoms with E-state index in [2.05, 4.69) is 0 Å². The van der Waals surface area contributed by atoms with Gasteiger partial charge in [-0.15, -0.1) is 0 Å². The molecule has 0 aliphatic heterocycles. The molecule has 3 aromatic carbocycles. The van der Waals surface area contributed by atoms with E-state index in [1.807, 2.05) is 81.4 Å². The van der Waals surface area contributed by atoms with E-state index in [1.54, 1.807) is 24.3 Å². The highest BCUT2D eigenvalue weighted by Gasteiger charge is 2.23. The first-order valence-corrected chi connectivity index (χ1v) is 10.9. The molecule has 0 bridgehead atoms. The third kappa shape index (κ3) is 3.78. The average Bonchev–Trinajstić information content (AvgIpc) is 3.08. The maximum atomic E-state index is 13.5. The third-order valence-electron chi connectivity index (χ3n) is 4.52. The number of fused-ring (bicyclic) bond motifs is 1. The summed E-state index contributed by atoms with van der Waals surface area (Å²) in [6.45, 7) is 5.97. The molecular weight excluding hydrogens is 382 g/mol. The van der Waals surface area contributed by atoms with Gasteiger partial charge in [0.15, 0.2) is 0 Å². The molecule has 5 heteroatoms. The summed E-state index contributed by atoms with van der Waals surface area (Å²) in [5, 5.41) is 0.872. The predicted molar refractivity (Wildman–Crippen MR) is 117 cm³/mol. The Kier molecular flexibility index (Phi) is 4.71. The second-order valence-electron chi connectivity index (χ2n) is 7.91. The van der Waals surface area contributed by atoms with Crippen molar-refractivity contribution in [3.63, 3.8) is 0 Å². The number of para-hydroxylation sites is 1. The average molecular weight is 406 g/mol. The van der Waals surface area contributed by atoms with Gasteiger partial charge in [0.05, 0.1) is 16.1 Å². The van der Waals surface area contributed by atoms with Gasteiger partial charge in [0.2, 0.25) is 0 Å². The Labute approximate surface area is 171 Å². The van der Waals surface area contributed by atoms with Crippen molar-refractivity contribution in [1.29, 1.82) is 0 Å². The van der Waals surface area contributed by atoms with Crippen molar-refractivity contribution in [2.45, 2.75) is 31.3 Å². The largest absolute Gasteiger partial charge is 0.488 e. The molecule has 0 atom stereocenters. The van der Waals surface area contributed by atoms with Gasteiger partial charge in [0.1, 0.15) is 11.4 Å². The van der Waals surface area contributed by atoms with E-state index in [9.17, 15) is 8.42 Å². The Hall–Kier alpha value is -3.05. The second kappa shape index (κ2) is 7.08. The van der Waals surface area contributed by atoms with E-state index in [1.165, 1.54) is 3.97 Å². The molecule has 4 rings (SSSR count). The van der Waals surface area contributed by atoms with Gasteiger partial charge in [-0.1, -0.05) is 36.4 Å². The molecule has 0 unspecified atom stereocenters. The van der Waals surface area contributed by atoms with Gasteiger partial charge in [0.25, 0.3) is 10.0 Å². The number of hydrogen-bond acceptors (Lipinski definition) is 3. The number of aromatic nitrogens is 1. The fourth-order valence-electron chi connectivity index (χ4n) is 3.33. The summed E-state index contributed by atoms with van der Waals surface area (Å²) in [7, 11) is -3.75. The van der Waals surface area contributed by atoms with Crippen molar-refractivity contribution in [2.24, 2.45) is 0 Å². The molecule has 0 saturated heterocycles. The molecule has 0 amide bonds. The van der Waals surface area contributed by atoms with E-state index >= 15 is 0 Å². The van der Waals surface area contributed by atoms with Crippen LogP contribution in [0, 0.1) is 0 Å². The standard InChI is InChI=1S/C24H23NO3S/c1-24(2,3)28-20-15-13-18(14-16-20)23-17-19-9-7-8-12-22(19)25(23)29(26,27)21-10-5-4-6-11-21/h4-17H,1-3H3. The molecule has 0 fully saturated rings. The van der Waals surface area contributed by atoms with Gasteiger partial charge in [-0.05, 0) is 74.9 Å². The van der Waals surface area contributed by atoms with Crippen LogP contribution in [0.15, 0.2) is 89.8 Å². The lowest BCUT2D eigenvalue weighted by Gasteiger charge is -2.21. The Balaban J connectivity index is 1.89. The van der Waals surface area contributed by atoms with E-state index < -0.39 is 10.0 Å². The van der Waals surface area contributed by atoms with Crippen LogP contribution in [0.4, 0.5) is 0 Å². The normalized spacial score (nSPS) is 12.2. The molecule has 0 aliphatic carbocycles. The smallest absolute Gasteiger partial charge is 0.268 e. The SMILES string of the molecule is CC(C)(C)Oc1ccc(-c2cc3ccccc3n2S(=O)(=O)c2ccccc2)cc1. The highest BCUT2D eigenvalue weighted by molar-refractivity contribution is 7.90. The molecule has 4 aromatic rings. The number of nitrogens with zero attached hydrogens (tertiary/aromatic N) is 1. The summed E-state index contributed by atoms with van der Waals surface area (Å²) in [4.78, 5) is 0.260. The first-order chi connectivity index (χ1) is 13.8. The fourth-order valence-corrected chi connectivity index (χ4v) is 4.89. The molecule has 0 N–H and O–H groups in total. The van der Waals surface area contributed by atoms with Crippen molar-refractivity contribution in [1.82, 2.24) is 3.97 Å². The summed E-state index contributed by atoms with van der Waals surface area (Å²) < 4.78 is 34.3. The van der Waals surface area contributed by atoms with Crippen LogP contribution in [0.5, 0.6) is 5.75 Å². The van der Waals surface area contributed by atoms with Crippen molar-refractivity contribution in [2.75, 3.05) is 0 Å². The Morgan fingerprint density at radius 2 is 1.41 bits per heavy atom. The number of rotatable bonds is 4. The van der Waals surface area contributed by atoms with Gasteiger partial charge >= 0.3 is 0 Å².